The van der Waals surface area contributed by atoms with E-state index >= 15 is 0 Å². The van der Waals surface area contributed by atoms with Crippen LogP contribution < -0.4 is 0 Å². The molecule has 0 spiro atoms. The molecule has 0 aliphatic carbocycles. The van der Waals surface area contributed by atoms with Crippen LogP contribution in [0.1, 0.15) is 0 Å². The number of aliphatic carboxylic acids is 2. The third kappa shape index (κ3) is 10.2. The van der Waals surface area contributed by atoms with Crippen LogP contribution in [0.5, 0.6) is 0 Å². The lowest BCUT2D eigenvalue weighted by Crippen LogP contribution is -2.53. The van der Waals surface area contributed by atoms with Gasteiger partial charge in [-0.1, -0.05) is 11.6 Å². The fraction of sp³-hybridized carbons (Fsp3) is 0.714. The lowest BCUT2D eigenvalue weighted by atomic mass is 10.2. The summed E-state index contributed by atoms with van der Waals surface area (Å²) in [6.07, 6.45) is 0. The van der Waals surface area contributed by atoms with Crippen molar-refractivity contribution in [1.82, 2.24) is 0 Å². The smallest absolute Gasteiger partial charge is 0.415 e. The highest BCUT2D eigenvalue weighted by Crippen LogP contribution is 2.36. The van der Waals surface area contributed by atoms with Crippen molar-refractivity contribution in [3.63, 3.8) is 0 Å². The Morgan fingerprint density at radius 3 is 1.00 bits per heavy atom. The van der Waals surface area contributed by atoms with Crippen LogP contribution in [0.15, 0.2) is 0 Å². The zero-order valence-corrected chi connectivity index (χ0v) is 17.8. The minimum Gasteiger partial charge on any atom is -0.477 e. The zero-order chi connectivity index (χ0) is 28.0. The van der Waals surface area contributed by atoms with Gasteiger partial charge in [0.25, 0.3) is 0 Å². The van der Waals surface area contributed by atoms with Crippen LogP contribution in [0.4, 0.5) is 35.1 Å². The van der Waals surface area contributed by atoms with Crippen LogP contribution in [-0.4, -0.2) is 98.8 Å². The van der Waals surface area contributed by atoms with Crippen molar-refractivity contribution < 1.29 is 88.2 Å². The molecule has 0 aromatic carbocycles. The van der Waals surface area contributed by atoms with Gasteiger partial charge < -0.3 is 33.9 Å². The second-order valence-corrected chi connectivity index (χ2v) is 5.20. The van der Waals surface area contributed by atoms with E-state index in [1.54, 1.807) is 7.11 Å². The Kier molecular flexibility index (Phi) is 16.3. The average Bonchev–Trinajstić information content (AvgIpc) is 2.75. The summed E-state index contributed by atoms with van der Waals surface area (Å²) in [6.45, 7) is -1.92. The Morgan fingerprint density at radius 1 is 0.618 bits per heavy atom. The molecule has 0 aromatic rings. The second kappa shape index (κ2) is 15.4. The predicted octanol–water partition coefficient (Wildman–Crippen LogP) is 1.81. The monoisotopic (exact) mass is 548 g/mol. The molecule has 0 heterocycles. The largest absolute Gasteiger partial charge is 0.477 e. The van der Waals surface area contributed by atoms with Crippen molar-refractivity contribution in [2.45, 2.75) is 23.7 Å². The van der Waals surface area contributed by atoms with E-state index in [4.69, 9.17) is 21.8 Å². The first-order chi connectivity index (χ1) is 15.3. The number of rotatable bonds is 11. The molecule has 34 heavy (non-hydrogen) atoms. The van der Waals surface area contributed by atoms with Crippen LogP contribution in [0, 0.1) is 0 Å². The summed E-state index contributed by atoms with van der Waals surface area (Å²) in [5, 5.41) is 15.1. The molecule has 0 aliphatic heterocycles. The van der Waals surface area contributed by atoms with E-state index in [2.05, 4.69) is 23.7 Å². The number of carbonyl (C=O) groups excluding carboxylic acids is 2. The maximum absolute atomic E-state index is 13.0. The molecule has 11 nitrogen and oxygen atoms in total. The zero-order valence-electron chi connectivity index (χ0n) is 17.1. The van der Waals surface area contributed by atoms with E-state index in [9.17, 15) is 54.3 Å². The number of hydrogen-bond acceptors (Lipinski definition) is 9. The molecule has 0 aromatic heterocycles. The van der Waals surface area contributed by atoms with Crippen molar-refractivity contribution >= 4 is 35.5 Å². The van der Waals surface area contributed by atoms with Gasteiger partial charge in [0.1, 0.15) is 6.07 Å². The number of hydrogen-bond donors (Lipinski definition) is 2. The van der Waals surface area contributed by atoms with Gasteiger partial charge in [0, 0.05) is 21.3 Å². The number of ether oxygens (including phenoxy) is 5. The van der Waals surface area contributed by atoms with Gasteiger partial charge in [-0.3, -0.25) is 0 Å². The molecule has 0 saturated heterocycles. The fourth-order valence-electron chi connectivity index (χ4n) is 0.931. The minimum atomic E-state index is -5.60. The highest BCUT2D eigenvalue weighted by Gasteiger charge is 2.69. The summed E-state index contributed by atoms with van der Waals surface area (Å²) in [4.78, 5) is 40.3. The van der Waals surface area contributed by atoms with Crippen molar-refractivity contribution in [2.75, 3.05) is 41.0 Å². The molecule has 0 amide bonds. The normalized spacial score (nSPS) is 11.8. The number of alkyl halides is 9. The molecule has 0 radical (unpaired) electrons. The molecule has 202 valence electrons. The Labute approximate surface area is 189 Å². The molecular weight excluding hydrogens is 532 g/mol. The van der Waals surface area contributed by atoms with Gasteiger partial charge in [-0.05, 0) is 0 Å². The van der Waals surface area contributed by atoms with Crippen LogP contribution in [0.3, 0.4) is 0 Å². The van der Waals surface area contributed by atoms with Crippen LogP contribution in [-0.2, 0) is 42.9 Å². The third-order valence-electron chi connectivity index (χ3n) is 2.56. The molecule has 0 rings (SSSR count). The number of methoxy groups -OCH3 is 3. The van der Waals surface area contributed by atoms with Crippen LogP contribution in [0.25, 0.3) is 0 Å². The Bertz CT molecular complexity index is 620. The molecule has 0 saturated carbocycles. The quantitative estimate of drug-likeness (QED) is 0.168. The van der Waals surface area contributed by atoms with E-state index in [1.165, 1.54) is 0 Å². The average molecular weight is 549 g/mol. The lowest BCUT2D eigenvalue weighted by molar-refractivity contribution is -0.245. The van der Waals surface area contributed by atoms with Crippen molar-refractivity contribution in [1.29, 1.82) is 0 Å². The first-order valence-corrected chi connectivity index (χ1v) is 8.15. The number of carboxylic acids is 2. The first kappa shape index (κ1) is 36.1. The van der Waals surface area contributed by atoms with Gasteiger partial charge in [0.15, 0.2) is 13.6 Å². The maximum atomic E-state index is 13.0. The number of esters is 2. The topological polar surface area (TPSA) is 155 Å². The number of carbonyl (C=O) groups is 4. The van der Waals surface area contributed by atoms with Crippen molar-refractivity contribution in [3.05, 3.63) is 0 Å². The van der Waals surface area contributed by atoms with Crippen molar-refractivity contribution in [2.24, 2.45) is 0 Å². The summed E-state index contributed by atoms with van der Waals surface area (Å²) in [5.74, 6) is -33.5. The van der Waals surface area contributed by atoms with E-state index in [1.807, 2.05) is 0 Å². The molecule has 2 N–H and O–H groups in total. The summed E-state index contributed by atoms with van der Waals surface area (Å²) in [7, 11) is 3.51. The van der Waals surface area contributed by atoms with Gasteiger partial charge in [0.2, 0.25) is 0 Å². The summed E-state index contributed by atoms with van der Waals surface area (Å²) >= 11 is 4.96. The fourth-order valence-corrected chi connectivity index (χ4v) is 0.931. The van der Waals surface area contributed by atoms with Gasteiger partial charge in [-0.15, -0.1) is 0 Å². The van der Waals surface area contributed by atoms with Gasteiger partial charge >= 0.3 is 47.6 Å². The van der Waals surface area contributed by atoms with Gasteiger partial charge in [-0.25, -0.2) is 19.2 Å². The number of halogens is 9. The highest BCUT2D eigenvalue weighted by atomic mass is 35.5. The summed E-state index contributed by atoms with van der Waals surface area (Å²) < 4.78 is 119. The molecular formula is C14H17ClF8O11. The van der Waals surface area contributed by atoms with Gasteiger partial charge in [0.05, 0.1) is 0 Å². The third-order valence-corrected chi connectivity index (χ3v) is 2.78. The van der Waals surface area contributed by atoms with Crippen LogP contribution in [0.2, 0.25) is 0 Å². The minimum absolute atomic E-state index is 0.292. The molecule has 0 unspecified atom stereocenters. The van der Waals surface area contributed by atoms with Crippen molar-refractivity contribution in [3.8, 4) is 0 Å². The lowest BCUT2D eigenvalue weighted by Gasteiger charge is -2.22. The Morgan fingerprint density at radius 2 is 0.853 bits per heavy atom. The summed E-state index contributed by atoms with van der Waals surface area (Å²) in [6, 6.07) is 0.292. The first-order valence-electron chi connectivity index (χ1n) is 7.62. The SMILES string of the molecule is COCCl.COCOC(=O)C(F)(F)C(F)(F)C(=O)OCOC.O=C(O)C(F)(F)C(F)(F)C(=O)O. The Hall–Kier alpha value is -2.51. The van der Waals surface area contributed by atoms with Crippen LogP contribution >= 0.6 is 11.6 Å². The van der Waals surface area contributed by atoms with Gasteiger partial charge in [-0.2, -0.15) is 35.1 Å². The summed E-state index contributed by atoms with van der Waals surface area (Å²) in [5.41, 5.74) is 0. The molecule has 0 fully saturated rings. The number of carboxylic acid groups (broad SMARTS) is 2. The highest BCUT2D eigenvalue weighted by molar-refractivity contribution is 6.17. The van der Waals surface area contributed by atoms with E-state index in [0.29, 0.717) is 6.07 Å². The maximum Gasteiger partial charge on any atom is 0.415 e. The standard InChI is InChI=1S/C8H10F4O6.C4H2F4O4.C2H5ClO/c1-15-3-17-5(13)7(9,10)8(11,12)6(14)18-4-16-2;5-3(6,1(9)10)4(7,8)2(11)12;1-4-2-3/h3-4H2,1-2H3;(H,9,10)(H,11,12);2H2,1H3. The van der Waals surface area contributed by atoms with E-state index in [0.717, 1.165) is 14.2 Å². The molecule has 0 bridgehead atoms. The van der Waals surface area contributed by atoms with E-state index in [-0.39, 0.29) is 0 Å². The molecule has 0 aliphatic rings. The van der Waals surface area contributed by atoms with E-state index < -0.39 is 61.2 Å². The molecule has 20 heteroatoms. The second-order valence-electron chi connectivity index (χ2n) is 4.98. The Balaban J connectivity index is -0.000000515. The predicted molar refractivity (Wildman–Crippen MR) is 88.7 cm³/mol. The molecule has 0 atom stereocenters.